The van der Waals surface area contributed by atoms with Crippen LogP contribution in [0.2, 0.25) is 0 Å². The number of rotatable bonds is 10. The number of carboxylic acids is 2. The van der Waals surface area contributed by atoms with Crippen molar-refractivity contribution in [2.24, 2.45) is 5.73 Å². The van der Waals surface area contributed by atoms with Crippen LogP contribution < -0.4 is 22.1 Å². The molecule has 2 rings (SSSR count). The zero-order chi connectivity index (χ0) is 24.9. The summed E-state index contributed by atoms with van der Waals surface area (Å²) in [5.41, 5.74) is 4.35. The van der Waals surface area contributed by atoms with Gasteiger partial charge in [0.15, 0.2) is 6.23 Å². The van der Waals surface area contributed by atoms with E-state index in [0.717, 1.165) is 16.8 Å². The Labute approximate surface area is 184 Å². The van der Waals surface area contributed by atoms with Gasteiger partial charge in [-0.2, -0.15) is 4.98 Å². The Hall–Kier alpha value is -3.44. The number of aromatic nitrogens is 2. The van der Waals surface area contributed by atoms with Crippen molar-refractivity contribution >= 4 is 29.6 Å². The molecule has 2 amide bonds. The number of carbonyl (C=O) groups excluding carboxylic acids is 2. The van der Waals surface area contributed by atoms with Crippen LogP contribution in [0, 0.1) is 0 Å². The number of carbonyl (C=O) groups is 4. The van der Waals surface area contributed by atoms with E-state index in [2.05, 4.69) is 10.3 Å². The topological polar surface area (TPSA) is 264 Å². The molecule has 16 nitrogen and oxygen atoms in total. The number of anilines is 1. The average Bonchev–Trinajstić information content (AvgIpc) is 3.01. The van der Waals surface area contributed by atoms with Crippen molar-refractivity contribution in [2.75, 3.05) is 11.9 Å². The van der Waals surface area contributed by atoms with Crippen LogP contribution in [-0.4, -0.2) is 95.8 Å². The van der Waals surface area contributed by atoms with Crippen LogP contribution in [0.5, 0.6) is 0 Å². The van der Waals surface area contributed by atoms with E-state index in [-0.39, 0.29) is 5.82 Å². The van der Waals surface area contributed by atoms with Crippen LogP contribution in [0.15, 0.2) is 17.1 Å². The number of aliphatic carboxylic acids is 2. The Bertz CT molecular complexity index is 967. The van der Waals surface area contributed by atoms with Gasteiger partial charge in [-0.05, 0) is 6.07 Å². The lowest BCUT2D eigenvalue weighted by Gasteiger charge is -2.18. The van der Waals surface area contributed by atoms with Crippen LogP contribution in [0.3, 0.4) is 0 Å². The SMILES string of the molecule is N[C@@H](CC(=O)O)C(=O)N[C@@H](CC(=O)Nc1ccn([C@@H]2O[C@H](CO)C(O)C2O)c(=O)n1)C(=O)O. The molecular weight excluding hydrogens is 450 g/mol. The summed E-state index contributed by atoms with van der Waals surface area (Å²) in [4.78, 5) is 61.7. The zero-order valence-corrected chi connectivity index (χ0v) is 16.9. The molecule has 2 unspecified atom stereocenters. The maximum Gasteiger partial charge on any atom is 0.351 e. The molecule has 0 aromatic carbocycles. The number of hydrogen-bond acceptors (Lipinski definition) is 11. The van der Waals surface area contributed by atoms with Crippen molar-refractivity contribution in [3.05, 3.63) is 22.7 Å². The van der Waals surface area contributed by atoms with Crippen LogP contribution in [0.25, 0.3) is 0 Å². The molecule has 9 N–H and O–H groups in total. The van der Waals surface area contributed by atoms with Crippen molar-refractivity contribution in [2.45, 2.75) is 49.5 Å². The fourth-order valence-electron chi connectivity index (χ4n) is 2.92. The molecule has 0 saturated carbocycles. The van der Waals surface area contributed by atoms with Crippen LogP contribution in [0.4, 0.5) is 5.82 Å². The Morgan fingerprint density at radius 1 is 1.18 bits per heavy atom. The van der Waals surface area contributed by atoms with Gasteiger partial charge in [0.2, 0.25) is 11.8 Å². The smallest absolute Gasteiger partial charge is 0.351 e. The molecule has 16 heteroatoms. The minimum Gasteiger partial charge on any atom is -0.481 e. The molecule has 6 atom stereocenters. The number of nitrogens with one attached hydrogen (secondary N) is 2. The lowest BCUT2D eigenvalue weighted by Crippen LogP contribution is -2.50. The highest BCUT2D eigenvalue weighted by Gasteiger charge is 2.43. The van der Waals surface area contributed by atoms with Gasteiger partial charge in [-0.15, -0.1) is 0 Å². The standard InChI is InChI=1S/C17H23N5O11/c18-6(3-11(25)26)14(29)19-7(16(30)31)4-10(24)20-9-1-2-22(17(32)21-9)15-13(28)12(27)8(5-23)33-15/h1-2,6-8,12-13,15,23,27-28H,3-5,18H2,(H,19,29)(H,25,26)(H,30,31)(H,20,21,24,32)/t6-,7-,8+,12?,13?,15+/m0/s1. The molecule has 0 aliphatic carbocycles. The van der Waals surface area contributed by atoms with Crippen molar-refractivity contribution in [3.63, 3.8) is 0 Å². The van der Waals surface area contributed by atoms with E-state index in [1.165, 1.54) is 0 Å². The highest BCUT2D eigenvalue weighted by atomic mass is 16.6. The number of nitrogens with zero attached hydrogens (tertiary/aromatic N) is 2. The van der Waals surface area contributed by atoms with Crippen molar-refractivity contribution in [1.29, 1.82) is 0 Å². The predicted molar refractivity (Wildman–Crippen MR) is 105 cm³/mol. The zero-order valence-electron chi connectivity index (χ0n) is 16.9. The number of hydrogen-bond donors (Lipinski definition) is 8. The third kappa shape index (κ3) is 6.53. The number of aliphatic hydroxyl groups is 3. The van der Waals surface area contributed by atoms with Crippen LogP contribution in [0.1, 0.15) is 19.1 Å². The molecule has 2 heterocycles. The summed E-state index contributed by atoms with van der Waals surface area (Å²) in [7, 11) is 0. The second-order valence-corrected chi connectivity index (χ2v) is 7.09. The number of aliphatic hydroxyl groups excluding tert-OH is 3. The maximum atomic E-state index is 12.2. The summed E-state index contributed by atoms with van der Waals surface area (Å²) in [5.74, 6) is -5.29. The third-order valence-electron chi connectivity index (χ3n) is 4.62. The summed E-state index contributed by atoms with van der Waals surface area (Å²) in [6.45, 7) is -0.604. The molecule has 182 valence electrons. The van der Waals surface area contributed by atoms with Gasteiger partial charge in [0.05, 0.1) is 25.5 Å². The first-order chi connectivity index (χ1) is 15.4. The molecule has 0 bridgehead atoms. The van der Waals surface area contributed by atoms with Gasteiger partial charge in [0.25, 0.3) is 0 Å². The average molecular weight is 473 g/mol. The summed E-state index contributed by atoms with van der Waals surface area (Å²) in [5, 5.41) is 50.8. The van der Waals surface area contributed by atoms with Gasteiger partial charge >= 0.3 is 17.6 Å². The Morgan fingerprint density at radius 3 is 2.36 bits per heavy atom. The molecule has 1 aromatic heterocycles. The molecule has 0 spiro atoms. The summed E-state index contributed by atoms with van der Waals surface area (Å²) in [6.07, 6.45) is -5.90. The summed E-state index contributed by atoms with van der Waals surface area (Å²) < 4.78 is 6.04. The van der Waals surface area contributed by atoms with Gasteiger partial charge in [-0.25, -0.2) is 9.59 Å². The van der Waals surface area contributed by atoms with E-state index in [1.807, 2.05) is 5.32 Å². The first kappa shape index (κ1) is 25.8. The van der Waals surface area contributed by atoms with Gasteiger partial charge in [-0.3, -0.25) is 19.0 Å². The lowest BCUT2D eigenvalue weighted by molar-refractivity contribution is -0.144. The molecule has 33 heavy (non-hydrogen) atoms. The normalized spacial score (nSPS) is 24.0. The summed E-state index contributed by atoms with van der Waals surface area (Å²) >= 11 is 0. The van der Waals surface area contributed by atoms with E-state index in [0.29, 0.717) is 0 Å². The van der Waals surface area contributed by atoms with Crippen molar-refractivity contribution in [3.8, 4) is 0 Å². The Morgan fingerprint density at radius 2 is 1.85 bits per heavy atom. The largest absolute Gasteiger partial charge is 0.481 e. The Balaban J connectivity index is 2.03. The van der Waals surface area contributed by atoms with Crippen molar-refractivity contribution in [1.82, 2.24) is 14.9 Å². The van der Waals surface area contributed by atoms with E-state index >= 15 is 0 Å². The van der Waals surface area contributed by atoms with Crippen LogP contribution in [-0.2, 0) is 23.9 Å². The second kappa shape index (κ2) is 10.9. The van der Waals surface area contributed by atoms with E-state index in [1.54, 1.807) is 0 Å². The first-order valence-corrected chi connectivity index (χ1v) is 9.46. The monoisotopic (exact) mass is 473 g/mol. The van der Waals surface area contributed by atoms with Gasteiger partial charge < -0.3 is 46.6 Å². The molecule has 1 aliphatic heterocycles. The lowest BCUT2D eigenvalue weighted by atomic mass is 10.1. The van der Waals surface area contributed by atoms with Crippen molar-refractivity contribution < 1.29 is 49.4 Å². The van der Waals surface area contributed by atoms with Gasteiger partial charge in [-0.1, -0.05) is 0 Å². The molecule has 1 aromatic rings. The highest BCUT2D eigenvalue weighted by molar-refractivity contribution is 5.95. The van der Waals surface area contributed by atoms with E-state index in [9.17, 15) is 39.3 Å². The Kier molecular flexibility index (Phi) is 8.55. The number of nitrogens with two attached hydrogens (primary N) is 1. The second-order valence-electron chi connectivity index (χ2n) is 7.09. The van der Waals surface area contributed by atoms with Crippen LogP contribution >= 0.6 is 0 Å². The fourth-order valence-corrected chi connectivity index (χ4v) is 2.92. The minimum atomic E-state index is -1.74. The molecule has 1 aliphatic rings. The summed E-state index contributed by atoms with van der Waals surface area (Å²) in [6, 6.07) is -2.14. The number of ether oxygens (including phenoxy) is 1. The first-order valence-electron chi connectivity index (χ1n) is 9.46. The molecular formula is C17H23N5O11. The molecule has 0 radical (unpaired) electrons. The number of carboxylic acid groups (broad SMARTS) is 2. The van der Waals surface area contributed by atoms with Gasteiger partial charge in [0, 0.05) is 6.20 Å². The quantitative estimate of drug-likeness (QED) is 0.160. The highest BCUT2D eigenvalue weighted by Crippen LogP contribution is 2.28. The number of amides is 2. The molecule has 1 saturated heterocycles. The van der Waals surface area contributed by atoms with E-state index in [4.69, 9.17) is 20.7 Å². The molecule has 1 fully saturated rings. The predicted octanol–water partition coefficient (Wildman–Crippen LogP) is -4.45. The fraction of sp³-hybridized carbons (Fsp3) is 0.529. The minimum absolute atomic E-state index is 0.286. The third-order valence-corrected chi connectivity index (χ3v) is 4.62. The van der Waals surface area contributed by atoms with Gasteiger partial charge in [0.1, 0.15) is 30.2 Å². The van der Waals surface area contributed by atoms with E-state index < -0.39 is 85.5 Å². The maximum absolute atomic E-state index is 12.2.